The zero-order valence-electron chi connectivity index (χ0n) is 13.5. The lowest BCUT2D eigenvalue weighted by atomic mass is 10.1. The lowest BCUT2D eigenvalue weighted by Crippen LogP contribution is -2.41. The summed E-state index contributed by atoms with van der Waals surface area (Å²) in [6.45, 7) is 0. The predicted molar refractivity (Wildman–Crippen MR) is 96.0 cm³/mol. The molecule has 0 aliphatic carbocycles. The maximum atomic E-state index is 12.4. The van der Waals surface area contributed by atoms with E-state index in [1.165, 1.54) is 12.1 Å². The molecule has 0 fully saturated rings. The van der Waals surface area contributed by atoms with Crippen molar-refractivity contribution in [1.29, 1.82) is 0 Å². The summed E-state index contributed by atoms with van der Waals surface area (Å²) in [5, 5.41) is 11.9. The summed E-state index contributed by atoms with van der Waals surface area (Å²) >= 11 is 5.80. The molecule has 2 amide bonds. The smallest absolute Gasteiger partial charge is 0.282 e. The number of benzene rings is 2. The van der Waals surface area contributed by atoms with E-state index >= 15 is 0 Å². The molecule has 0 aliphatic rings. The first-order valence-electron chi connectivity index (χ1n) is 7.47. The topological polar surface area (TPSA) is 106 Å². The van der Waals surface area contributed by atoms with E-state index in [1.54, 1.807) is 29.9 Å². The van der Waals surface area contributed by atoms with Crippen molar-refractivity contribution >= 4 is 40.0 Å². The lowest BCUT2D eigenvalue weighted by Gasteiger charge is -2.07. The molecule has 0 bridgehead atoms. The van der Waals surface area contributed by atoms with Crippen molar-refractivity contribution in [2.45, 2.75) is 0 Å². The Kier molecular flexibility index (Phi) is 4.59. The van der Waals surface area contributed by atoms with Gasteiger partial charge in [0.1, 0.15) is 5.56 Å². The Morgan fingerprint density at radius 3 is 2.42 bits per heavy atom. The number of amides is 2. The van der Waals surface area contributed by atoms with Crippen molar-refractivity contribution in [1.82, 2.24) is 15.4 Å². The lowest BCUT2D eigenvalue weighted by molar-refractivity contribution is -0.385. The first kappa shape index (κ1) is 17.4. The van der Waals surface area contributed by atoms with Crippen LogP contribution in [0.15, 0.2) is 48.7 Å². The Morgan fingerprint density at radius 1 is 1.08 bits per heavy atom. The quantitative estimate of drug-likeness (QED) is 0.544. The van der Waals surface area contributed by atoms with Crippen LogP contribution in [-0.4, -0.2) is 21.3 Å². The van der Waals surface area contributed by atoms with Crippen LogP contribution in [0.25, 0.3) is 10.9 Å². The molecule has 3 aromatic rings. The van der Waals surface area contributed by atoms with E-state index in [1.807, 2.05) is 12.1 Å². The number of para-hydroxylation sites is 1. The molecule has 2 N–H and O–H groups in total. The molecule has 0 saturated carbocycles. The van der Waals surface area contributed by atoms with E-state index in [0.29, 0.717) is 5.56 Å². The van der Waals surface area contributed by atoms with Gasteiger partial charge in [-0.05, 0) is 18.2 Å². The van der Waals surface area contributed by atoms with Crippen LogP contribution in [-0.2, 0) is 7.05 Å². The molecule has 26 heavy (non-hydrogen) atoms. The van der Waals surface area contributed by atoms with Gasteiger partial charge in [-0.15, -0.1) is 0 Å². The maximum absolute atomic E-state index is 12.4. The van der Waals surface area contributed by atoms with Gasteiger partial charge >= 0.3 is 0 Å². The van der Waals surface area contributed by atoms with Crippen LogP contribution < -0.4 is 10.9 Å². The molecular weight excluding hydrogens is 360 g/mol. The van der Waals surface area contributed by atoms with E-state index < -0.39 is 22.4 Å². The van der Waals surface area contributed by atoms with E-state index in [0.717, 1.165) is 17.0 Å². The molecule has 0 spiro atoms. The first-order chi connectivity index (χ1) is 12.4. The summed E-state index contributed by atoms with van der Waals surface area (Å²) < 4.78 is 1.79. The fraction of sp³-hybridized carbons (Fsp3) is 0.0588. The van der Waals surface area contributed by atoms with Crippen molar-refractivity contribution in [3.05, 3.63) is 74.9 Å². The zero-order chi connectivity index (χ0) is 18.8. The molecule has 8 nitrogen and oxygen atoms in total. The van der Waals surface area contributed by atoms with Crippen LogP contribution >= 0.6 is 11.6 Å². The van der Waals surface area contributed by atoms with Crippen molar-refractivity contribution in [3.63, 3.8) is 0 Å². The van der Waals surface area contributed by atoms with Crippen LogP contribution in [0.2, 0.25) is 5.02 Å². The van der Waals surface area contributed by atoms with Crippen LogP contribution in [0.4, 0.5) is 5.69 Å². The van der Waals surface area contributed by atoms with Gasteiger partial charge in [-0.2, -0.15) is 0 Å². The SMILES string of the molecule is Cn1cc(C(=O)NNC(=O)c2cc(Cl)ccc2[N+](=O)[O-])c2ccccc21. The van der Waals surface area contributed by atoms with Gasteiger partial charge < -0.3 is 4.57 Å². The molecule has 0 unspecified atom stereocenters. The number of carbonyl (C=O) groups is 2. The standard InChI is InChI=1S/C17H13ClN4O4/c1-21-9-13(11-4-2-3-5-14(11)21)17(24)20-19-16(23)12-8-10(18)6-7-15(12)22(25)26/h2-9H,1H3,(H,19,23)(H,20,24). The minimum atomic E-state index is -0.840. The second-order valence-electron chi connectivity index (χ2n) is 5.50. The number of hydrazine groups is 1. The highest BCUT2D eigenvalue weighted by molar-refractivity contribution is 6.31. The number of nitro groups is 1. The highest BCUT2D eigenvalue weighted by Crippen LogP contribution is 2.23. The Hall–Kier alpha value is -3.39. The van der Waals surface area contributed by atoms with Crippen molar-refractivity contribution in [3.8, 4) is 0 Å². The van der Waals surface area contributed by atoms with Gasteiger partial charge in [0.05, 0.1) is 10.5 Å². The van der Waals surface area contributed by atoms with Crippen LogP contribution in [0.1, 0.15) is 20.7 Å². The van der Waals surface area contributed by atoms with Gasteiger partial charge in [0.25, 0.3) is 17.5 Å². The molecule has 0 saturated heterocycles. The number of aromatic nitrogens is 1. The van der Waals surface area contributed by atoms with Crippen LogP contribution in [0.5, 0.6) is 0 Å². The molecule has 132 valence electrons. The molecular formula is C17H13ClN4O4. The van der Waals surface area contributed by atoms with Gasteiger partial charge in [0.15, 0.2) is 0 Å². The second-order valence-corrected chi connectivity index (χ2v) is 5.93. The van der Waals surface area contributed by atoms with Crippen molar-refractivity contribution < 1.29 is 14.5 Å². The number of hydrogen-bond donors (Lipinski definition) is 2. The number of aryl methyl sites for hydroxylation is 1. The van der Waals surface area contributed by atoms with E-state index in [2.05, 4.69) is 10.9 Å². The molecule has 0 radical (unpaired) electrons. The Balaban J connectivity index is 1.81. The van der Waals surface area contributed by atoms with Gasteiger partial charge in [-0.3, -0.25) is 30.6 Å². The van der Waals surface area contributed by atoms with Crippen molar-refractivity contribution in [2.75, 3.05) is 0 Å². The van der Waals surface area contributed by atoms with Crippen molar-refractivity contribution in [2.24, 2.45) is 7.05 Å². The first-order valence-corrected chi connectivity index (χ1v) is 7.85. The molecule has 2 aromatic carbocycles. The summed E-state index contributed by atoms with van der Waals surface area (Å²) in [5.41, 5.74) is 5.01. The fourth-order valence-corrected chi connectivity index (χ4v) is 2.79. The minimum Gasteiger partial charge on any atom is -0.350 e. The molecule has 0 aliphatic heterocycles. The fourth-order valence-electron chi connectivity index (χ4n) is 2.62. The molecule has 3 rings (SSSR count). The second kappa shape index (κ2) is 6.85. The average Bonchev–Trinajstić information content (AvgIpc) is 2.96. The Morgan fingerprint density at radius 2 is 1.73 bits per heavy atom. The summed E-state index contributed by atoms with van der Waals surface area (Å²) in [7, 11) is 1.80. The molecule has 9 heteroatoms. The monoisotopic (exact) mass is 372 g/mol. The molecule has 0 atom stereocenters. The van der Waals surface area contributed by atoms with E-state index in [4.69, 9.17) is 11.6 Å². The third-order valence-electron chi connectivity index (χ3n) is 3.83. The number of carbonyl (C=O) groups excluding carboxylic acids is 2. The largest absolute Gasteiger partial charge is 0.350 e. The summed E-state index contributed by atoms with van der Waals surface area (Å²) in [6, 6.07) is 10.9. The summed E-state index contributed by atoms with van der Waals surface area (Å²) in [4.78, 5) is 35.0. The average molecular weight is 373 g/mol. The zero-order valence-corrected chi connectivity index (χ0v) is 14.3. The number of nitro benzene ring substituents is 1. The Bertz CT molecular complexity index is 1040. The number of rotatable bonds is 3. The van der Waals surface area contributed by atoms with Gasteiger partial charge in [-0.25, -0.2) is 0 Å². The number of halogens is 1. The minimum absolute atomic E-state index is 0.168. The Labute approximate surface area is 152 Å². The third kappa shape index (κ3) is 3.22. The number of fused-ring (bicyclic) bond motifs is 1. The highest BCUT2D eigenvalue weighted by atomic mass is 35.5. The molecule has 1 aromatic heterocycles. The summed E-state index contributed by atoms with van der Waals surface area (Å²) in [6.07, 6.45) is 1.63. The number of nitrogens with zero attached hydrogens (tertiary/aromatic N) is 2. The maximum Gasteiger partial charge on any atom is 0.282 e. The van der Waals surface area contributed by atoms with Gasteiger partial charge in [-0.1, -0.05) is 29.8 Å². The summed E-state index contributed by atoms with van der Waals surface area (Å²) in [5.74, 6) is -1.38. The van der Waals surface area contributed by atoms with Gasteiger partial charge in [0, 0.05) is 35.2 Å². The number of hydrogen-bond acceptors (Lipinski definition) is 4. The van der Waals surface area contributed by atoms with Crippen LogP contribution in [0, 0.1) is 10.1 Å². The van der Waals surface area contributed by atoms with Crippen LogP contribution in [0.3, 0.4) is 0 Å². The third-order valence-corrected chi connectivity index (χ3v) is 4.07. The highest BCUT2D eigenvalue weighted by Gasteiger charge is 2.21. The molecule has 1 heterocycles. The predicted octanol–water partition coefficient (Wildman–Crippen LogP) is 2.81. The number of nitrogens with one attached hydrogen (secondary N) is 2. The van der Waals surface area contributed by atoms with Gasteiger partial charge in [0.2, 0.25) is 0 Å². The van der Waals surface area contributed by atoms with E-state index in [-0.39, 0.29) is 10.6 Å². The normalized spacial score (nSPS) is 10.5. The van der Waals surface area contributed by atoms with E-state index in [9.17, 15) is 19.7 Å².